The smallest absolute Gasteiger partial charge is 0.128 e. The number of benzene rings is 1. The molecule has 1 fully saturated rings. The Labute approximate surface area is 183 Å². The van der Waals surface area contributed by atoms with E-state index in [2.05, 4.69) is 22.2 Å². The van der Waals surface area contributed by atoms with Crippen molar-refractivity contribution in [3.63, 3.8) is 0 Å². The quantitative estimate of drug-likeness (QED) is 0.677. The summed E-state index contributed by atoms with van der Waals surface area (Å²) in [5.41, 5.74) is 3.79. The van der Waals surface area contributed by atoms with Gasteiger partial charge in [0.05, 0.1) is 6.10 Å². The van der Waals surface area contributed by atoms with Gasteiger partial charge in [-0.3, -0.25) is 0 Å². The van der Waals surface area contributed by atoms with Gasteiger partial charge in [-0.15, -0.1) is 0 Å². The molecule has 1 saturated carbocycles. The molecule has 5 atom stereocenters. The van der Waals surface area contributed by atoms with Gasteiger partial charge in [-0.05, 0) is 51.7 Å². The zero-order valence-corrected chi connectivity index (χ0v) is 18.3. The predicted octanol–water partition coefficient (Wildman–Crippen LogP) is 2.56. The zero-order valence-electron chi connectivity index (χ0n) is 18.3. The van der Waals surface area contributed by atoms with E-state index in [-0.39, 0.29) is 12.0 Å². The Kier molecular flexibility index (Phi) is 6.55. The van der Waals surface area contributed by atoms with Crippen LogP contribution in [0.15, 0.2) is 30.6 Å². The van der Waals surface area contributed by atoms with Gasteiger partial charge in [0, 0.05) is 35.1 Å². The first kappa shape index (κ1) is 21.7. The predicted molar refractivity (Wildman–Crippen MR) is 118 cm³/mol. The van der Waals surface area contributed by atoms with Crippen molar-refractivity contribution in [2.75, 3.05) is 6.61 Å². The van der Waals surface area contributed by atoms with Crippen LogP contribution < -0.4 is 14.8 Å². The van der Waals surface area contributed by atoms with Gasteiger partial charge in [0.25, 0.3) is 0 Å². The fourth-order valence-corrected chi connectivity index (χ4v) is 4.31. The highest BCUT2D eigenvalue weighted by Crippen LogP contribution is 2.36. The van der Waals surface area contributed by atoms with Crippen LogP contribution in [0, 0.1) is 19.8 Å². The average molecular weight is 426 g/mol. The number of nitrogens with zero attached hydrogens (tertiary/aromatic N) is 2. The molecule has 1 aromatic heterocycles. The van der Waals surface area contributed by atoms with Gasteiger partial charge in [0.1, 0.15) is 36.6 Å². The maximum absolute atomic E-state index is 10.6. The van der Waals surface area contributed by atoms with Crippen molar-refractivity contribution < 1.29 is 19.7 Å². The standard InChI is InChI=1S/C24H31N3O4/c1-14-12-30-20-8-5-9-21(19(20)11-25-14)31-22-10-17(23(28)24(22)29)6-4-7-18-15(2)26-13-27-16(18)3/h4-5,7-9,13-14,17,22-25,28-29H,6,10-12H2,1-3H3/b7-4-. The molecule has 0 radical (unpaired) electrons. The minimum Gasteiger partial charge on any atom is -0.491 e. The Morgan fingerprint density at radius 1 is 1.19 bits per heavy atom. The topological polar surface area (TPSA) is 96.7 Å². The van der Waals surface area contributed by atoms with E-state index in [0.29, 0.717) is 31.7 Å². The van der Waals surface area contributed by atoms with E-state index < -0.39 is 18.3 Å². The van der Waals surface area contributed by atoms with E-state index >= 15 is 0 Å². The summed E-state index contributed by atoms with van der Waals surface area (Å²) in [5.74, 6) is 1.41. The average Bonchev–Trinajstić information content (AvgIpc) is 2.90. The van der Waals surface area contributed by atoms with Crippen molar-refractivity contribution in [3.8, 4) is 11.5 Å². The normalized spacial score (nSPS) is 28.2. The number of hydrogen-bond acceptors (Lipinski definition) is 7. The summed E-state index contributed by atoms with van der Waals surface area (Å²) in [4.78, 5) is 8.47. The molecule has 2 heterocycles. The van der Waals surface area contributed by atoms with Crippen molar-refractivity contribution >= 4 is 6.08 Å². The van der Waals surface area contributed by atoms with E-state index in [4.69, 9.17) is 9.47 Å². The summed E-state index contributed by atoms with van der Waals surface area (Å²) >= 11 is 0. The van der Waals surface area contributed by atoms with Crippen LogP contribution in [0.5, 0.6) is 11.5 Å². The number of allylic oxidation sites excluding steroid dienone is 1. The Morgan fingerprint density at radius 2 is 1.97 bits per heavy atom. The molecule has 166 valence electrons. The summed E-state index contributed by atoms with van der Waals surface area (Å²) in [7, 11) is 0. The Morgan fingerprint density at radius 3 is 2.74 bits per heavy atom. The second-order valence-corrected chi connectivity index (χ2v) is 8.56. The molecule has 1 aliphatic carbocycles. The highest BCUT2D eigenvalue weighted by molar-refractivity contribution is 5.53. The molecule has 2 aromatic rings. The van der Waals surface area contributed by atoms with Crippen molar-refractivity contribution in [2.24, 2.45) is 5.92 Å². The van der Waals surface area contributed by atoms with Crippen molar-refractivity contribution in [2.45, 2.75) is 64.5 Å². The minimum absolute atomic E-state index is 0.0850. The van der Waals surface area contributed by atoms with Crippen LogP contribution in [-0.2, 0) is 6.54 Å². The summed E-state index contributed by atoms with van der Waals surface area (Å²) in [6, 6.07) is 5.98. The van der Waals surface area contributed by atoms with Crippen LogP contribution in [0.25, 0.3) is 6.08 Å². The highest BCUT2D eigenvalue weighted by atomic mass is 16.5. The number of aliphatic hydroxyl groups excluding tert-OH is 2. The molecule has 31 heavy (non-hydrogen) atoms. The summed E-state index contributed by atoms with van der Waals surface area (Å²) in [6.45, 7) is 7.22. The van der Waals surface area contributed by atoms with E-state index in [1.165, 1.54) is 0 Å². The van der Waals surface area contributed by atoms with Gasteiger partial charge in [-0.1, -0.05) is 18.2 Å². The second kappa shape index (κ2) is 9.34. The van der Waals surface area contributed by atoms with E-state index in [1.807, 2.05) is 44.2 Å². The summed E-state index contributed by atoms with van der Waals surface area (Å²) < 4.78 is 12.1. The van der Waals surface area contributed by atoms with Crippen molar-refractivity contribution in [3.05, 3.63) is 53.1 Å². The fourth-order valence-electron chi connectivity index (χ4n) is 4.31. The van der Waals surface area contributed by atoms with Gasteiger partial charge < -0.3 is 25.0 Å². The molecule has 7 nitrogen and oxygen atoms in total. The molecule has 0 amide bonds. The van der Waals surface area contributed by atoms with Crippen LogP contribution in [0.4, 0.5) is 0 Å². The van der Waals surface area contributed by atoms with E-state index in [1.54, 1.807) is 6.33 Å². The molecule has 0 bridgehead atoms. The van der Waals surface area contributed by atoms with Crippen LogP contribution in [0.2, 0.25) is 0 Å². The van der Waals surface area contributed by atoms with Crippen molar-refractivity contribution in [1.82, 2.24) is 15.3 Å². The molecule has 0 saturated heterocycles. The van der Waals surface area contributed by atoms with Gasteiger partial charge in [0.2, 0.25) is 0 Å². The number of aliphatic hydroxyl groups is 2. The van der Waals surface area contributed by atoms with E-state index in [9.17, 15) is 10.2 Å². The largest absolute Gasteiger partial charge is 0.491 e. The monoisotopic (exact) mass is 425 g/mol. The minimum atomic E-state index is -0.934. The lowest BCUT2D eigenvalue weighted by Gasteiger charge is -2.21. The Bertz CT molecular complexity index is 928. The van der Waals surface area contributed by atoms with Crippen LogP contribution in [0.3, 0.4) is 0 Å². The highest BCUT2D eigenvalue weighted by Gasteiger charge is 2.42. The molecule has 3 N–H and O–H groups in total. The number of hydrogen-bond donors (Lipinski definition) is 3. The SMILES string of the molecule is Cc1ncnc(C)c1/C=C\CC1CC(Oc2cccc3c2CNC(C)CO3)C(O)C1O. The van der Waals surface area contributed by atoms with Gasteiger partial charge in [0.15, 0.2) is 0 Å². The number of aromatic nitrogens is 2. The first-order valence-corrected chi connectivity index (χ1v) is 10.9. The summed E-state index contributed by atoms with van der Waals surface area (Å²) in [6.07, 6.45) is 4.56. The lowest BCUT2D eigenvalue weighted by Crippen LogP contribution is -2.34. The lowest BCUT2D eigenvalue weighted by molar-refractivity contribution is -0.0180. The van der Waals surface area contributed by atoms with Crippen LogP contribution in [0.1, 0.15) is 42.3 Å². The maximum Gasteiger partial charge on any atom is 0.128 e. The van der Waals surface area contributed by atoms with Gasteiger partial charge >= 0.3 is 0 Å². The number of rotatable bonds is 5. The third-order valence-corrected chi connectivity index (χ3v) is 6.24. The lowest BCUT2D eigenvalue weighted by atomic mass is 10.00. The van der Waals surface area contributed by atoms with E-state index in [0.717, 1.165) is 28.3 Å². The molecule has 4 rings (SSSR count). The molecular formula is C24H31N3O4. The van der Waals surface area contributed by atoms with Crippen LogP contribution >= 0.6 is 0 Å². The fraction of sp³-hybridized carbons (Fsp3) is 0.500. The molecule has 1 aliphatic heterocycles. The molecule has 2 aliphatic rings. The second-order valence-electron chi connectivity index (χ2n) is 8.56. The third kappa shape index (κ3) is 4.74. The van der Waals surface area contributed by atoms with Crippen molar-refractivity contribution in [1.29, 1.82) is 0 Å². The molecular weight excluding hydrogens is 394 g/mol. The van der Waals surface area contributed by atoms with Crippen LogP contribution in [-0.4, -0.2) is 51.1 Å². The number of aryl methyl sites for hydroxylation is 2. The van der Waals surface area contributed by atoms with Gasteiger partial charge in [-0.2, -0.15) is 0 Å². The molecule has 7 heteroatoms. The molecule has 1 aromatic carbocycles. The Balaban J connectivity index is 1.43. The first-order chi connectivity index (χ1) is 14.9. The summed E-state index contributed by atoms with van der Waals surface area (Å²) in [5, 5.41) is 24.6. The number of fused-ring (bicyclic) bond motifs is 1. The number of ether oxygens (including phenoxy) is 2. The van der Waals surface area contributed by atoms with Gasteiger partial charge in [-0.25, -0.2) is 9.97 Å². The number of nitrogens with one attached hydrogen (secondary N) is 1. The third-order valence-electron chi connectivity index (χ3n) is 6.24. The maximum atomic E-state index is 10.6. The molecule has 0 spiro atoms. The molecule has 5 unspecified atom stereocenters. The first-order valence-electron chi connectivity index (χ1n) is 10.9. The Hall–Kier alpha value is -2.48. The zero-order chi connectivity index (χ0) is 22.0.